The first-order chi connectivity index (χ1) is 15.5. The molecule has 0 amide bonds. The number of thiophene rings is 1. The first kappa shape index (κ1) is 21.6. The van der Waals surface area contributed by atoms with Crippen molar-refractivity contribution in [3.8, 4) is 0 Å². The van der Waals surface area contributed by atoms with Crippen molar-refractivity contribution >= 4 is 44.3 Å². The molecule has 164 valence electrons. The molecule has 9 heteroatoms. The highest BCUT2D eigenvalue weighted by Crippen LogP contribution is 2.34. The fourth-order valence-electron chi connectivity index (χ4n) is 3.37. The Kier molecular flexibility index (Phi) is 6.27. The van der Waals surface area contributed by atoms with Gasteiger partial charge in [-0.15, -0.1) is 11.3 Å². The van der Waals surface area contributed by atoms with Crippen molar-refractivity contribution in [1.82, 2.24) is 9.55 Å². The molecule has 0 saturated carbocycles. The number of hydrogen-bond donors (Lipinski definition) is 0. The number of rotatable bonds is 7. The summed E-state index contributed by atoms with van der Waals surface area (Å²) in [7, 11) is 0. The summed E-state index contributed by atoms with van der Waals surface area (Å²) in [6, 6.07) is 11.5. The molecule has 2 aromatic heterocycles. The Morgan fingerprint density at radius 3 is 2.75 bits per heavy atom. The lowest BCUT2D eigenvalue weighted by Crippen LogP contribution is -2.22. The number of halogens is 1. The second-order valence-corrected chi connectivity index (χ2v) is 7.97. The minimum Gasteiger partial charge on any atom is -0.462 e. The van der Waals surface area contributed by atoms with Crippen LogP contribution in [-0.4, -0.2) is 28.1 Å². The Hall–Kier alpha value is -3.59. The molecular weight excluding hydrogens is 435 g/mol. The van der Waals surface area contributed by atoms with Gasteiger partial charge in [0.1, 0.15) is 17.3 Å². The molecule has 0 saturated heterocycles. The van der Waals surface area contributed by atoms with Crippen LogP contribution in [0.1, 0.15) is 28.6 Å². The van der Waals surface area contributed by atoms with Crippen LogP contribution in [0, 0.1) is 5.82 Å². The molecule has 0 fully saturated rings. The van der Waals surface area contributed by atoms with Crippen molar-refractivity contribution in [3.05, 3.63) is 75.4 Å². The average molecular weight is 454 g/mol. The van der Waals surface area contributed by atoms with Crippen LogP contribution in [0.4, 0.5) is 4.39 Å². The zero-order valence-electron chi connectivity index (χ0n) is 17.2. The summed E-state index contributed by atoms with van der Waals surface area (Å²) in [5.74, 6) is -1.68. The maximum Gasteiger partial charge on any atom is 0.348 e. The van der Waals surface area contributed by atoms with Crippen molar-refractivity contribution in [2.24, 2.45) is 0 Å². The molecule has 2 aromatic carbocycles. The lowest BCUT2D eigenvalue weighted by Gasteiger charge is -2.09. The largest absolute Gasteiger partial charge is 0.462 e. The van der Waals surface area contributed by atoms with E-state index in [1.807, 2.05) is 0 Å². The zero-order chi connectivity index (χ0) is 22.7. The third-order valence-electron chi connectivity index (χ3n) is 4.89. The van der Waals surface area contributed by atoms with Gasteiger partial charge in [-0.2, -0.15) is 0 Å². The van der Waals surface area contributed by atoms with Gasteiger partial charge in [0.05, 0.1) is 30.3 Å². The highest BCUT2D eigenvalue weighted by molar-refractivity contribution is 7.21. The Bertz CT molecular complexity index is 1380. The van der Waals surface area contributed by atoms with Crippen LogP contribution in [0.25, 0.3) is 21.0 Å². The van der Waals surface area contributed by atoms with Gasteiger partial charge in [0, 0.05) is 22.2 Å². The molecule has 0 N–H and O–H groups in total. The monoisotopic (exact) mass is 454 g/mol. The maximum atomic E-state index is 14.4. The SMILES string of the molecule is CCOC(=O)c1sc2cccc(F)c2c1COC(=O)CCn1cnc2ccccc2c1=O. The molecule has 0 bridgehead atoms. The van der Waals surface area contributed by atoms with E-state index in [-0.39, 0.29) is 47.6 Å². The number of hydrogen-bond acceptors (Lipinski definition) is 7. The number of esters is 2. The molecule has 0 radical (unpaired) electrons. The predicted molar refractivity (Wildman–Crippen MR) is 118 cm³/mol. The molecular formula is C23H19FN2O5S. The third kappa shape index (κ3) is 4.24. The molecule has 0 spiro atoms. The van der Waals surface area contributed by atoms with Crippen LogP contribution in [0.5, 0.6) is 0 Å². The van der Waals surface area contributed by atoms with E-state index < -0.39 is 17.8 Å². The van der Waals surface area contributed by atoms with Gasteiger partial charge >= 0.3 is 11.9 Å². The lowest BCUT2D eigenvalue weighted by atomic mass is 10.1. The van der Waals surface area contributed by atoms with E-state index in [4.69, 9.17) is 9.47 Å². The van der Waals surface area contributed by atoms with Gasteiger partial charge < -0.3 is 9.47 Å². The van der Waals surface area contributed by atoms with E-state index in [9.17, 15) is 18.8 Å². The smallest absolute Gasteiger partial charge is 0.348 e. The highest BCUT2D eigenvalue weighted by Gasteiger charge is 2.23. The van der Waals surface area contributed by atoms with Gasteiger partial charge in [0.2, 0.25) is 0 Å². The van der Waals surface area contributed by atoms with Crippen molar-refractivity contribution < 1.29 is 23.5 Å². The summed E-state index contributed by atoms with van der Waals surface area (Å²) < 4.78 is 26.7. The fraction of sp³-hybridized carbons (Fsp3) is 0.217. The van der Waals surface area contributed by atoms with Crippen molar-refractivity contribution in [2.45, 2.75) is 26.5 Å². The minimum absolute atomic E-state index is 0.0823. The quantitative estimate of drug-likeness (QED) is 0.392. The summed E-state index contributed by atoms with van der Waals surface area (Å²) in [4.78, 5) is 41.6. The summed E-state index contributed by atoms with van der Waals surface area (Å²) in [6.45, 7) is 1.65. The molecule has 4 aromatic rings. The van der Waals surface area contributed by atoms with Crippen molar-refractivity contribution in [2.75, 3.05) is 6.61 Å². The Morgan fingerprint density at radius 2 is 1.94 bits per heavy atom. The van der Waals surface area contributed by atoms with Crippen molar-refractivity contribution in [3.63, 3.8) is 0 Å². The van der Waals surface area contributed by atoms with E-state index in [1.54, 1.807) is 43.3 Å². The fourth-order valence-corrected chi connectivity index (χ4v) is 4.48. The number of para-hydroxylation sites is 1. The van der Waals surface area contributed by atoms with E-state index in [0.29, 0.717) is 15.6 Å². The minimum atomic E-state index is -0.590. The number of fused-ring (bicyclic) bond motifs is 2. The summed E-state index contributed by atoms with van der Waals surface area (Å²) in [5, 5.41) is 0.700. The highest BCUT2D eigenvalue weighted by atomic mass is 32.1. The van der Waals surface area contributed by atoms with Gasteiger partial charge in [-0.25, -0.2) is 14.2 Å². The van der Waals surface area contributed by atoms with E-state index in [1.165, 1.54) is 17.0 Å². The van der Waals surface area contributed by atoms with Crippen LogP contribution >= 0.6 is 11.3 Å². The van der Waals surface area contributed by atoms with Crippen molar-refractivity contribution in [1.29, 1.82) is 0 Å². The van der Waals surface area contributed by atoms with Crippen LogP contribution in [0.15, 0.2) is 53.6 Å². The summed E-state index contributed by atoms with van der Waals surface area (Å²) in [6.07, 6.45) is 1.30. The average Bonchev–Trinajstić information content (AvgIpc) is 3.17. The third-order valence-corrected chi connectivity index (χ3v) is 6.07. The number of benzene rings is 2. The molecule has 32 heavy (non-hydrogen) atoms. The van der Waals surface area contributed by atoms with E-state index in [2.05, 4.69) is 4.98 Å². The van der Waals surface area contributed by atoms with Gasteiger partial charge in [-0.05, 0) is 31.2 Å². The molecule has 0 atom stereocenters. The Morgan fingerprint density at radius 1 is 1.12 bits per heavy atom. The van der Waals surface area contributed by atoms with Crippen LogP contribution in [0.2, 0.25) is 0 Å². The second kappa shape index (κ2) is 9.27. The second-order valence-electron chi connectivity index (χ2n) is 6.91. The number of ether oxygens (including phenoxy) is 2. The first-order valence-electron chi connectivity index (χ1n) is 9.96. The van der Waals surface area contributed by atoms with Crippen LogP contribution in [-0.2, 0) is 27.4 Å². The first-order valence-corrected chi connectivity index (χ1v) is 10.8. The topological polar surface area (TPSA) is 87.5 Å². The molecule has 0 aliphatic rings. The lowest BCUT2D eigenvalue weighted by molar-refractivity contribution is -0.145. The zero-order valence-corrected chi connectivity index (χ0v) is 18.0. The van der Waals surface area contributed by atoms with Gasteiger partial charge in [-0.1, -0.05) is 18.2 Å². The Labute approximate surface area is 186 Å². The predicted octanol–water partition coefficient (Wildman–Crippen LogP) is 4.06. The molecule has 2 heterocycles. The standard InChI is InChI=1S/C23H19FN2O5S/c1-2-30-23(29)21-15(20-16(24)7-5-9-18(20)32-21)12-31-19(27)10-11-26-13-25-17-8-4-3-6-14(17)22(26)28/h3-9,13H,2,10-12H2,1H3. The van der Waals surface area contributed by atoms with Gasteiger partial charge in [0.15, 0.2) is 0 Å². The number of aryl methyl sites for hydroxylation is 1. The number of carbonyl (C=O) groups excluding carboxylic acids is 2. The molecule has 7 nitrogen and oxygen atoms in total. The van der Waals surface area contributed by atoms with Gasteiger partial charge in [-0.3, -0.25) is 14.2 Å². The maximum absolute atomic E-state index is 14.4. The number of nitrogens with zero attached hydrogens (tertiary/aromatic N) is 2. The molecule has 0 aliphatic carbocycles. The Balaban J connectivity index is 1.50. The summed E-state index contributed by atoms with van der Waals surface area (Å²) in [5.41, 5.74) is 0.604. The number of carbonyl (C=O) groups is 2. The number of aromatic nitrogens is 2. The van der Waals surface area contributed by atoms with Gasteiger partial charge in [0.25, 0.3) is 5.56 Å². The van der Waals surface area contributed by atoms with Crippen LogP contribution in [0.3, 0.4) is 0 Å². The van der Waals surface area contributed by atoms with E-state index in [0.717, 1.165) is 11.3 Å². The molecule has 0 unspecified atom stereocenters. The van der Waals surface area contributed by atoms with Crippen LogP contribution < -0.4 is 5.56 Å². The summed E-state index contributed by atoms with van der Waals surface area (Å²) >= 11 is 1.09. The normalized spacial score (nSPS) is 11.1. The molecule has 0 aliphatic heterocycles. The molecule has 4 rings (SSSR count). The van der Waals surface area contributed by atoms with E-state index >= 15 is 0 Å².